The zero-order chi connectivity index (χ0) is 19.3. The zero-order valence-electron chi connectivity index (χ0n) is 15.9. The van der Waals surface area contributed by atoms with Crippen LogP contribution < -0.4 is 10.5 Å². The van der Waals surface area contributed by atoms with Crippen LogP contribution in [0.4, 0.5) is 10.5 Å². The Bertz CT molecular complexity index is 753. The van der Waals surface area contributed by atoms with Crippen LogP contribution in [0, 0.1) is 12.3 Å². The molecule has 2 rings (SSSR count). The maximum Gasteiger partial charge on any atom is 0.407 e. The number of anilines is 1. The number of carbonyl (C=O) groups is 1. The first kappa shape index (κ1) is 19.6. The minimum atomic E-state index is -0.977. The summed E-state index contributed by atoms with van der Waals surface area (Å²) in [4.78, 5) is 13.2. The molecule has 0 fully saturated rings. The average molecular weight is 356 g/mol. The molecule has 5 nitrogen and oxygen atoms in total. The van der Waals surface area contributed by atoms with Gasteiger partial charge in [-0.3, -0.25) is 0 Å². The highest BCUT2D eigenvalue weighted by molar-refractivity contribution is 5.65. The molecule has 0 spiro atoms. The van der Waals surface area contributed by atoms with Gasteiger partial charge in [-0.1, -0.05) is 45.0 Å². The first-order chi connectivity index (χ1) is 12.1. The highest BCUT2D eigenvalue weighted by Crippen LogP contribution is 2.27. The van der Waals surface area contributed by atoms with Crippen LogP contribution in [-0.4, -0.2) is 28.7 Å². The van der Waals surface area contributed by atoms with E-state index in [2.05, 4.69) is 0 Å². The van der Waals surface area contributed by atoms with Crippen LogP contribution in [0.3, 0.4) is 0 Å². The predicted octanol–water partition coefficient (Wildman–Crippen LogP) is 4.55. The number of carboxylic acid groups (broad SMARTS) is 1. The summed E-state index contributed by atoms with van der Waals surface area (Å²) in [5, 5.41) is 9.67. The Kier molecular flexibility index (Phi) is 6.14. The smallest absolute Gasteiger partial charge is 0.407 e. The molecule has 0 heterocycles. The second kappa shape index (κ2) is 8.13. The topological polar surface area (TPSA) is 75.8 Å². The highest BCUT2D eigenvalue weighted by Gasteiger charge is 2.30. The van der Waals surface area contributed by atoms with Gasteiger partial charge in [-0.05, 0) is 42.3 Å². The van der Waals surface area contributed by atoms with Gasteiger partial charge in [-0.25, -0.2) is 4.79 Å². The number of rotatable bonds is 6. The van der Waals surface area contributed by atoms with E-state index in [1.54, 1.807) is 12.1 Å². The fraction of sp³-hybridized carbons (Fsp3) is 0.381. The van der Waals surface area contributed by atoms with E-state index in [0.717, 1.165) is 16.9 Å². The van der Waals surface area contributed by atoms with Gasteiger partial charge in [-0.2, -0.15) is 0 Å². The van der Waals surface area contributed by atoms with Crippen molar-refractivity contribution in [3.8, 4) is 5.75 Å². The van der Waals surface area contributed by atoms with Crippen molar-refractivity contribution in [1.82, 2.24) is 4.90 Å². The predicted molar refractivity (Wildman–Crippen MR) is 104 cm³/mol. The van der Waals surface area contributed by atoms with Gasteiger partial charge >= 0.3 is 6.09 Å². The van der Waals surface area contributed by atoms with E-state index in [1.165, 1.54) is 4.90 Å². The van der Waals surface area contributed by atoms with Gasteiger partial charge in [0, 0.05) is 17.6 Å². The second-order valence-electron chi connectivity index (χ2n) is 7.70. The van der Waals surface area contributed by atoms with Crippen molar-refractivity contribution in [3.63, 3.8) is 0 Å². The largest absolute Gasteiger partial charge is 0.488 e. The molecule has 1 amide bonds. The maximum atomic E-state index is 11.8. The van der Waals surface area contributed by atoms with E-state index in [9.17, 15) is 9.90 Å². The molecule has 0 aliphatic rings. The lowest BCUT2D eigenvalue weighted by molar-refractivity contribution is 0.0459. The number of amides is 1. The summed E-state index contributed by atoms with van der Waals surface area (Å²) in [7, 11) is 0. The third kappa shape index (κ3) is 5.69. The first-order valence-corrected chi connectivity index (χ1v) is 8.71. The number of hydrogen-bond donors (Lipinski definition) is 2. The molecule has 2 aromatic carbocycles. The molecule has 1 atom stereocenters. The third-order valence-corrected chi connectivity index (χ3v) is 4.22. The SMILES string of the molecule is Cc1cccc(OC(CN(Cc2cccc(N)c2)C(=O)O)C(C)(C)C)c1. The molecule has 3 N–H and O–H groups in total. The monoisotopic (exact) mass is 356 g/mol. The van der Waals surface area contributed by atoms with Crippen LogP contribution in [0.2, 0.25) is 0 Å². The van der Waals surface area contributed by atoms with Crippen molar-refractivity contribution in [3.05, 3.63) is 59.7 Å². The summed E-state index contributed by atoms with van der Waals surface area (Å²) in [6.45, 7) is 8.68. The number of nitrogens with zero attached hydrogens (tertiary/aromatic N) is 1. The Morgan fingerprint density at radius 3 is 2.46 bits per heavy atom. The Morgan fingerprint density at radius 1 is 1.19 bits per heavy atom. The number of hydrogen-bond acceptors (Lipinski definition) is 3. The number of nitrogen functional groups attached to an aromatic ring is 1. The molecule has 2 aromatic rings. The number of ether oxygens (including phenoxy) is 1. The summed E-state index contributed by atoms with van der Waals surface area (Å²) < 4.78 is 6.17. The maximum absolute atomic E-state index is 11.8. The van der Waals surface area contributed by atoms with Crippen LogP contribution in [0.15, 0.2) is 48.5 Å². The van der Waals surface area contributed by atoms with Crippen LogP contribution in [0.5, 0.6) is 5.75 Å². The van der Waals surface area contributed by atoms with Crippen molar-refractivity contribution in [2.75, 3.05) is 12.3 Å². The molecule has 5 heteroatoms. The van der Waals surface area contributed by atoms with Gasteiger partial charge in [0.1, 0.15) is 11.9 Å². The molecule has 0 radical (unpaired) electrons. The highest BCUT2D eigenvalue weighted by atomic mass is 16.5. The van der Waals surface area contributed by atoms with E-state index >= 15 is 0 Å². The fourth-order valence-electron chi connectivity index (χ4n) is 2.66. The molecule has 0 aliphatic heterocycles. The van der Waals surface area contributed by atoms with Crippen molar-refractivity contribution < 1.29 is 14.6 Å². The fourth-order valence-corrected chi connectivity index (χ4v) is 2.66. The van der Waals surface area contributed by atoms with E-state index in [4.69, 9.17) is 10.5 Å². The van der Waals surface area contributed by atoms with Gasteiger partial charge < -0.3 is 20.5 Å². The van der Waals surface area contributed by atoms with E-state index in [-0.39, 0.29) is 24.6 Å². The summed E-state index contributed by atoms with van der Waals surface area (Å²) in [6.07, 6.45) is -1.27. The first-order valence-electron chi connectivity index (χ1n) is 8.71. The Labute approximate surface area is 155 Å². The number of benzene rings is 2. The molecule has 0 aromatic heterocycles. The summed E-state index contributed by atoms with van der Waals surface area (Å²) in [5.74, 6) is 0.749. The van der Waals surface area contributed by atoms with Crippen LogP contribution >= 0.6 is 0 Å². The lowest BCUT2D eigenvalue weighted by Gasteiger charge is -2.34. The van der Waals surface area contributed by atoms with Crippen LogP contribution in [-0.2, 0) is 6.54 Å². The zero-order valence-corrected chi connectivity index (χ0v) is 15.9. The molecule has 0 saturated carbocycles. The van der Waals surface area contributed by atoms with Crippen molar-refractivity contribution in [1.29, 1.82) is 0 Å². The summed E-state index contributed by atoms with van der Waals surface area (Å²) in [5.41, 5.74) is 8.16. The number of aryl methyl sites for hydroxylation is 1. The quantitative estimate of drug-likeness (QED) is 0.745. The standard InChI is InChI=1S/C21H28N2O3/c1-15-7-5-10-18(11-15)26-19(21(2,3)4)14-23(20(24)25)13-16-8-6-9-17(22)12-16/h5-12,19H,13-14,22H2,1-4H3,(H,24,25). The Hall–Kier alpha value is -2.69. The van der Waals surface area contributed by atoms with E-state index in [0.29, 0.717) is 5.69 Å². The molecule has 0 saturated heterocycles. The third-order valence-electron chi connectivity index (χ3n) is 4.22. The minimum Gasteiger partial charge on any atom is -0.488 e. The molecule has 1 unspecified atom stereocenters. The Balaban J connectivity index is 2.19. The molecule has 0 aliphatic carbocycles. The molecule has 140 valence electrons. The Morgan fingerprint density at radius 2 is 1.88 bits per heavy atom. The van der Waals surface area contributed by atoms with Gasteiger partial charge in [0.25, 0.3) is 0 Å². The molecule has 0 bridgehead atoms. The molecular weight excluding hydrogens is 328 g/mol. The van der Waals surface area contributed by atoms with Gasteiger partial charge in [0.2, 0.25) is 0 Å². The van der Waals surface area contributed by atoms with Crippen molar-refractivity contribution in [2.24, 2.45) is 5.41 Å². The summed E-state index contributed by atoms with van der Waals surface area (Å²) >= 11 is 0. The lowest BCUT2D eigenvalue weighted by Crippen LogP contribution is -2.44. The second-order valence-corrected chi connectivity index (χ2v) is 7.70. The molecule has 26 heavy (non-hydrogen) atoms. The normalized spacial score (nSPS) is 12.5. The van der Waals surface area contributed by atoms with Crippen LogP contribution in [0.1, 0.15) is 31.9 Å². The van der Waals surface area contributed by atoms with Gasteiger partial charge in [-0.15, -0.1) is 0 Å². The van der Waals surface area contributed by atoms with E-state index < -0.39 is 6.09 Å². The van der Waals surface area contributed by atoms with Crippen molar-refractivity contribution >= 4 is 11.8 Å². The lowest BCUT2D eigenvalue weighted by atomic mass is 9.88. The summed E-state index contributed by atoms with van der Waals surface area (Å²) in [6, 6.07) is 15.1. The molecular formula is C21H28N2O3. The van der Waals surface area contributed by atoms with Gasteiger partial charge in [0.15, 0.2) is 0 Å². The average Bonchev–Trinajstić information content (AvgIpc) is 2.52. The van der Waals surface area contributed by atoms with Crippen LogP contribution in [0.25, 0.3) is 0 Å². The van der Waals surface area contributed by atoms with Gasteiger partial charge in [0.05, 0.1) is 6.54 Å². The number of nitrogens with two attached hydrogens (primary N) is 1. The minimum absolute atomic E-state index is 0.229. The van der Waals surface area contributed by atoms with E-state index in [1.807, 2.05) is 64.1 Å². The van der Waals surface area contributed by atoms with Crippen molar-refractivity contribution in [2.45, 2.75) is 40.3 Å².